The van der Waals surface area contributed by atoms with Crippen LogP contribution in [0.4, 0.5) is 5.69 Å². The Hall–Kier alpha value is -1.44. The number of carbonyl (C=O) groups excluding carboxylic acids is 1. The van der Waals surface area contributed by atoms with Crippen molar-refractivity contribution in [3.63, 3.8) is 0 Å². The van der Waals surface area contributed by atoms with E-state index >= 15 is 0 Å². The fourth-order valence-electron chi connectivity index (χ4n) is 3.74. The summed E-state index contributed by atoms with van der Waals surface area (Å²) in [4.78, 5) is 13.7. The summed E-state index contributed by atoms with van der Waals surface area (Å²) in [5, 5.41) is 0. The fraction of sp³-hybridized carbons (Fsp3) is 0.588. The maximum Gasteiger partial charge on any atom is 0.243 e. The zero-order chi connectivity index (χ0) is 17.5. The molecule has 7 heteroatoms. The molecular formula is C17H25N3O3S. The molecule has 0 bridgehead atoms. The number of rotatable bonds is 3. The lowest BCUT2D eigenvalue weighted by molar-refractivity contribution is -0.116. The van der Waals surface area contributed by atoms with Crippen LogP contribution in [0.15, 0.2) is 23.1 Å². The number of nitrogens with two attached hydrogens (primary N) is 1. The van der Waals surface area contributed by atoms with Gasteiger partial charge in [-0.05, 0) is 42.9 Å². The summed E-state index contributed by atoms with van der Waals surface area (Å²) in [6.45, 7) is 5.08. The number of hydrogen-bond donors (Lipinski definition) is 1. The monoisotopic (exact) mass is 351 g/mol. The summed E-state index contributed by atoms with van der Waals surface area (Å²) in [5.74, 6) is 0.424. The van der Waals surface area contributed by atoms with Crippen LogP contribution in [0.25, 0.3) is 0 Å². The average molecular weight is 351 g/mol. The van der Waals surface area contributed by atoms with Gasteiger partial charge in [0, 0.05) is 38.3 Å². The van der Waals surface area contributed by atoms with Gasteiger partial charge in [-0.25, -0.2) is 8.42 Å². The first-order chi connectivity index (χ1) is 11.3. The minimum atomic E-state index is -3.60. The van der Waals surface area contributed by atoms with Crippen molar-refractivity contribution in [2.24, 2.45) is 11.7 Å². The van der Waals surface area contributed by atoms with Gasteiger partial charge in [0.25, 0.3) is 0 Å². The van der Waals surface area contributed by atoms with E-state index in [2.05, 4.69) is 6.92 Å². The number of carbonyl (C=O) groups is 1. The van der Waals surface area contributed by atoms with Crippen LogP contribution in [0.2, 0.25) is 0 Å². The van der Waals surface area contributed by atoms with E-state index < -0.39 is 10.0 Å². The largest absolute Gasteiger partial charge is 0.329 e. The van der Waals surface area contributed by atoms with Crippen LogP contribution >= 0.6 is 0 Å². The molecule has 2 unspecified atom stereocenters. The van der Waals surface area contributed by atoms with E-state index in [-0.39, 0.29) is 16.8 Å². The number of piperidine rings is 1. The Balaban J connectivity index is 1.96. The first-order valence-electron chi connectivity index (χ1n) is 8.47. The van der Waals surface area contributed by atoms with E-state index in [0.717, 1.165) is 30.5 Å². The van der Waals surface area contributed by atoms with Gasteiger partial charge in [0.2, 0.25) is 15.9 Å². The van der Waals surface area contributed by atoms with Gasteiger partial charge >= 0.3 is 0 Å². The Kier molecular flexibility index (Phi) is 4.68. The van der Waals surface area contributed by atoms with Gasteiger partial charge in [-0.15, -0.1) is 0 Å². The van der Waals surface area contributed by atoms with Crippen molar-refractivity contribution in [3.8, 4) is 0 Å². The molecule has 3 rings (SSSR count). The number of hydrogen-bond acceptors (Lipinski definition) is 4. The van der Waals surface area contributed by atoms with Gasteiger partial charge in [-0.1, -0.05) is 13.0 Å². The predicted molar refractivity (Wildman–Crippen MR) is 93.3 cm³/mol. The van der Waals surface area contributed by atoms with Gasteiger partial charge in [-0.2, -0.15) is 4.31 Å². The molecule has 2 N–H and O–H groups in total. The molecule has 2 atom stereocenters. The molecule has 1 saturated heterocycles. The van der Waals surface area contributed by atoms with Gasteiger partial charge in [0.05, 0.1) is 4.90 Å². The molecule has 1 fully saturated rings. The van der Waals surface area contributed by atoms with Crippen LogP contribution < -0.4 is 10.6 Å². The second-order valence-electron chi connectivity index (χ2n) is 6.85. The fourth-order valence-corrected chi connectivity index (χ4v) is 5.42. The van der Waals surface area contributed by atoms with Crippen molar-refractivity contribution < 1.29 is 13.2 Å². The summed E-state index contributed by atoms with van der Waals surface area (Å²) in [6.07, 6.45) is 2.41. The smallest absolute Gasteiger partial charge is 0.243 e. The highest BCUT2D eigenvalue weighted by molar-refractivity contribution is 7.89. The van der Waals surface area contributed by atoms with Crippen LogP contribution in [0.5, 0.6) is 0 Å². The van der Waals surface area contributed by atoms with Crippen molar-refractivity contribution in [2.45, 2.75) is 44.0 Å². The Labute approximate surface area is 143 Å². The summed E-state index contributed by atoms with van der Waals surface area (Å²) in [5.41, 5.74) is 7.56. The van der Waals surface area contributed by atoms with Gasteiger partial charge in [0.15, 0.2) is 0 Å². The third kappa shape index (κ3) is 2.96. The molecule has 132 valence electrons. The van der Waals surface area contributed by atoms with E-state index in [1.807, 2.05) is 6.07 Å². The lowest BCUT2D eigenvalue weighted by atomic mass is 9.94. The van der Waals surface area contributed by atoms with Gasteiger partial charge in [0.1, 0.15) is 0 Å². The Morgan fingerprint density at radius 3 is 2.75 bits per heavy atom. The molecule has 2 aliphatic rings. The SMILES string of the molecule is CC(=O)N1CCc2ccc(S(=O)(=O)N3CCC(C)CC3CN)cc21. The van der Waals surface area contributed by atoms with Crippen LogP contribution in [-0.4, -0.2) is 44.3 Å². The molecule has 2 heterocycles. The van der Waals surface area contributed by atoms with Crippen molar-refractivity contribution in [1.82, 2.24) is 4.31 Å². The summed E-state index contributed by atoms with van der Waals surface area (Å²) >= 11 is 0. The van der Waals surface area contributed by atoms with E-state index in [9.17, 15) is 13.2 Å². The van der Waals surface area contributed by atoms with Crippen LogP contribution in [0, 0.1) is 5.92 Å². The van der Waals surface area contributed by atoms with E-state index in [1.165, 1.54) is 6.92 Å². The highest BCUT2D eigenvalue weighted by Gasteiger charge is 2.36. The van der Waals surface area contributed by atoms with Gasteiger partial charge in [-0.3, -0.25) is 4.79 Å². The zero-order valence-corrected chi connectivity index (χ0v) is 15.1. The minimum absolute atomic E-state index is 0.0603. The third-order valence-corrected chi connectivity index (χ3v) is 7.08. The normalized spacial score (nSPS) is 24.9. The Bertz CT molecular complexity index is 747. The van der Waals surface area contributed by atoms with E-state index in [4.69, 9.17) is 5.73 Å². The molecule has 1 aromatic rings. The van der Waals surface area contributed by atoms with Crippen molar-refractivity contribution >= 4 is 21.6 Å². The molecule has 0 saturated carbocycles. The molecule has 0 aromatic heterocycles. The quantitative estimate of drug-likeness (QED) is 0.891. The number of sulfonamides is 1. The lowest BCUT2D eigenvalue weighted by Crippen LogP contribution is -2.49. The molecule has 0 radical (unpaired) electrons. The van der Waals surface area contributed by atoms with Gasteiger partial charge < -0.3 is 10.6 Å². The molecule has 2 aliphatic heterocycles. The first kappa shape index (κ1) is 17.4. The average Bonchev–Trinajstić information content (AvgIpc) is 2.97. The van der Waals surface area contributed by atoms with Crippen LogP contribution in [0.1, 0.15) is 32.3 Å². The second kappa shape index (κ2) is 6.46. The number of amides is 1. The number of nitrogens with zero attached hydrogens (tertiary/aromatic N) is 2. The number of fused-ring (bicyclic) bond motifs is 1. The van der Waals surface area contributed by atoms with Crippen LogP contribution in [0.3, 0.4) is 0 Å². The standard InChI is InChI=1S/C17H25N3O3S/c1-12-5-8-20(15(9-12)11-18)24(22,23)16-4-3-14-6-7-19(13(2)21)17(14)10-16/h3-4,10,12,15H,5-9,11,18H2,1-2H3. The van der Waals surface area contributed by atoms with Crippen molar-refractivity contribution in [3.05, 3.63) is 23.8 Å². The Morgan fingerprint density at radius 1 is 1.33 bits per heavy atom. The minimum Gasteiger partial charge on any atom is -0.329 e. The summed E-state index contributed by atoms with van der Waals surface area (Å²) < 4.78 is 27.8. The highest BCUT2D eigenvalue weighted by Crippen LogP contribution is 2.33. The molecule has 6 nitrogen and oxygen atoms in total. The van der Waals surface area contributed by atoms with Crippen LogP contribution in [-0.2, 0) is 21.2 Å². The zero-order valence-electron chi connectivity index (χ0n) is 14.2. The molecule has 1 amide bonds. The maximum absolute atomic E-state index is 13.1. The van der Waals surface area contributed by atoms with Crippen molar-refractivity contribution in [1.29, 1.82) is 0 Å². The Morgan fingerprint density at radius 2 is 2.08 bits per heavy atom. The summed E-state index contributed by atoms with van der Waals surface area (Å²) in [7, 11) is -3.60. The number of benzene rings is 1. The highest BCUT2D eigenvalue weighted by atomic mass is 32.2. The lowest BCUT2D eigenvalue weighted by Gasteiger charge is -2.37. The van der Waals surface area contributed by atoms with E-state index in [0.29, 0.717) is 25.6 Å². The molecule has 24 heavy (non-hydrogen) atoms. The number of anilines is 1. The van der Waals surface area contributed by atoms with E-state index in [1.54, 1.807) is 21.3 Å². The second-order valence-corrected chi connectivity index (χ2v) is 8.74. The third-order valence-electron chi connectivity index (χ3n) is 5.14. The molecule has 0 spiro atoms. The van der Waals surface area contributed by atoms with Crippen molar-refractivity contribution in [2.75, 3.05) is 24.5 Å². The summed E-state index contributed by atoms with van der Waals surface area (Å²) in [6, 6.07) is 4.97. The molecule has 0 aliphatic carbocycles. The molecule has 1 aromatic carbocycles. The molecular weight excluding hydrogens is 326 g/mol. The topological polar surface area (TPSA) is 83.7 Å². The maximum atomic E-state index is 13.1. The first-order valence-corrected chi connectivity index (χ1v) is 9.91. The predicted octanol–water partition coefficient (Wildman–Crippen LogP) is 1.34.